The highest BCUT2D eigenvalue weighted by molar-refractivity contribution is 6.37. The number of hydrogen-bond acceptors (Lipinski definition) is 5. The number of benzene rings is 2. The van der Waals surface area contributed by atoms with Gasteiger partial charge in [-0.1, -0.05) is 41.9 Å². The molecule has 2 aromatic rings. The van der Waals surface area contributed by atoms with Crippen LogP contribution in [0.15, 0.2) is 59.7 Å². The number of hydrazone groups is 1. The Morgan fingerprint density at radius 3 is 2.40 bits per heavy atom. The van der Waals surface area contributed by atoms with Crippen molar-refractivity contribution >= 4 is 29.2 Å². The lowest BCUT2D eigenvalue weighted by molar-refractivity contribution is -0.133. The molecule has 1 amide bonds. The van der Waals surface area contributed by atoms with Gasteiger partial charge in [0.15, 0.2) is 11.4 Å². The van der Waals surface area contributed by atoms with E-state index < -0.39 is 17.6 Å². The molecule has 1 N–H and O–H groups in total. The predicted molar refractivity (Wildman–Crippen MR) is 92.0 cm³/mol. The number of carbonyl (C=O) groups excluding carboxylic acids is 2. The van der Waals surface area contributed by atoms with Crippen LogP contribution < -0.4 is 0 Å². The zero-order chi connectivity index (χ0) is 18.0. The summed E-state index contributed by atoms with van der Waals surface area (Å²) in [6.07, 6.45) is -0.181. The zero-order valence-electron chi connectivity index (χ0n) is 13.3. The molecule has 1 atom stereocenters. The maximum absolute atomic E-state index is 12.8. The lowest BCUT2D eigenvalue weighted by atomic mass is 9.97. The van der Waals surface area contributed by atoms with E-state index in [2.05, 4.69) is 9.84 Å². The third kappa shape index (κ3) is 3.14. The Morgan fingerprint density at radius 2 is 1.80 bits per heavy atom. The van der Waals surface area contributed by atoms with Crippen LogP contribution in [0.4, 0.5) is 0 Å². The fourth-order valence-corrected chi connectivity index (χ4v) is 2.76. The molecule has 0 radical (unpaired) electrons. The van der Waals surface area contributed by atoms with Crippen LogP contribution in [0.1, 0.15) is 22.3 Å². The zero-order valence-corrected chi connectivity index (χ0v) is 14.1. The van der Waals surface area contributed by atoms with Gasteiger partial charge in [-0.15, -0.1) is 0 Å². The van der Waals surface area contributed by atoms with Crippen molar-refractivity contribution in [1.82, 2.24) is 5.01 Å². The van der Waals surface area contributed by atoms with E-state index in [1.165, 1.54) is 7.11 Å². The van der Waals surface area contributed by atoms with Crippen LogP contribution in [-0.4, -0.2) is 34.8 Å². The predicted octanol–water partition coefficient (Wildman–Crippen LogP) is 2.56. The molecule has 0 bridgehead atoms. The maximum Gasteiger partial charge on any atom is 0.354 e. The van der Waals surface area contributed by atoms with Gasteiger partial charge in [-0.2, -0.15) is 10.1 Å². The second-order valence-corrected chi connectivity index (χ2v) is 5.96. The van der Waals surface area contributed by atoms with E-state index in [9.17, 15) is 14.7 Å². The highest BCUT2D eigenvalue weighted by atomic mass is 35.5. The summed E-state index contributed by atoms with van der Waals surface area (Å²) in [5, 5.41) is 16.6. The van der Waals surface area contributed by atoms with Gasteiger partial charge in [0.1, 0.15) is 0 Å². The minimum absolute atomic E-state index is 0.0377. The summed E-state index contributed by atoms with van der Waals surface area (Å²) < 4.78 is 4.68. The molecule has 0 aliphatic carbocycles. The molecule has 0 saturated heterocycles. The summed E-state index contributed by atoms with van der Waals surface area (Å²) in [5.74, 6) is -1.23. The molecule has 0 fully saturated rings. The SMILES string of the molecule is COC(=O)C1=NN(C(=O)c2ccccc2)C(O)(c2ccc(Cl)cc2)C1. The topological polar surface area (TPSA) is 79.2 Å². The van der Waals surface area contributed by atoms with Crippen molar-refractivity contribution < 1.29 is 19.4 Å². The number of carbonyl (C=O) groups is 2. The van der Waals surface area contributed by atoms with Crippen LogP contribution >= 0.6 is 11.6 Å². The number of nitrogens with zero attached hydrogens (tertiary/aromatic N) is 2. The number of aliphatic hydroxyl groups is 1. The van der Waals surface area contributed by atoms with Crippen molar-refractivity contribution in [1.29, 1.82) is 0 Å². The first-order chi connectivity index (χ1) is 12.0. The largest absolute Gasteiger partial charge is 0.464 e. The number of esters is 1. The van der Waals surface area contributed by atoms with Crippen LogP contribution in [0.2, 0.25) is 5.02 Å². The molecule has 128 valence electrons. The second-order valence-electron chi connectivity index (χ2n) is 5.52. The minimum Gasteiger partial charge on any atom is -0.464 e. The van der Waals surface area contributed by atoms with Gasteiger partial charge in [-0.25, -0.2) is 4.79 Å². The van der Waals surface area contributed by atoms with Gasteiger partial charge < -0.3 is 9.84 Å². The van der Waals surface area contributed by atoms with Crippen molar-refractivity contribution in [3.8, 4) is 0 Å². The number of amides is 1. The van der Waals surface area contributed by atoms with Crippen molar-refractivity contribution in [2.75, 3.05) is 7.11 Å². The van der Waals surface area contributed by atoms with Crippen molar-refractivity contribution in [3.05, 3.63) is 70.7 Å². The lowest BCUT2D eigenvalue weighted by Crippen LogP contribution is -2.43. The first-order valence-corrected chi connectivity index (χ1v) is 7.87. The second kappa shape index (κ2) is 6.66. The lowest BCUT2D eigenvalue weighted by Gasteiger charge is -2.31. The quantitative estimate of drug-likeness (QED) is 0.855. The summed E-state index contributed by atoms with van der Waals surface area (Å²) in [4.78, 5) is 24.7. The number of rotatable bonds is 3. The van der Waals surface area contributed by atoms with Crippen LogP contribution in [0, 0.1) is 0 Å². The summed E-state index contributed by atoms with van der Waals surface area (Å²) in [6.45, 7) is 0. The molecule has 3 rings (SSSR count). The molecule has 1 aliphatic rings. The highest BCUT2D eigenvalue weighted by Gasteiger charge is 2.48. The van der Waals surface area contributed by atoms with Crippen LogP contribution in [0.5, 0.6) is 0 Å². The van der Waals surface area contributed by atoms with Crippen molar-refractivity contribution in [3.63, 3.8) is 0 Å². The fraction of sp³-hybridized carbons (Fsp3) is 0.167. The molecule has 0 aromatic heterocycles. The summed E-state index contributed by atoms with van der Waals surface area (Å²) in [6, 6.07) is 14.8. The van der Waals surface area contributed by atoms with Gasteiger partial charge in [0.2, 0.25) is 0 Å². The molecule has 1 aliphatic heterocycles. The monoisotopic (exact) mass is 358 g/mol. The van der Waals surface area contributed by atoms with Crippen LogP contribution in [0.25, 0.3) is 0 Å². The number of methoxy groups -OCH3 is 1. The Labute approximate surface area is 149 Å². The van der Waals surface area contributed by atoms with E-state index in [1.807, 2.05) is 0 Å². The molecule has 25 heavy (non-hydrogen) atoms. The van der Waals surface area contributed by atoms with Gasteiger partial charge in [-0.3, -0.25) is 4.79 Å². The van der Waals surface area contributed by atoms with Crippen LogP contribution in [0.3, 0.4) is 0 Å². The summed E-state index contributed by atoms with van der Waals surface area (Å²) >= 11 is 5.90. The number of halogens is 1. The van der Waals surface area contributed by atoms with Crippen molar-refractivity contribution in [2.24, 2.45) is 5.10 Å². The molecule has 1 heterocycles. The van der Waals surface area contributed by atoms with Gasteiger partial charge >= 0.3 is 5.97 Å². The van der Waals surface area contributed by atoms with Gasteiger partial charge in [0, 0.05) is 16.1 Å². The van der Waals surface area contributed by atoms with E-state index in [-0.39, 0.29) is 12.1 Å². The Bertz CT molecular complexity index is 836. The molecule has 1 unspecified atom stereocenters. The molecule has 0 spiro atoms. The summed E-state index contributed by atoms with van der Waals surface area (Å²) in [7, 11) is 1.22. The Kier molecular flexibility index (Phi) is 4.57. The van der Waals surface area contributed by atoms with E-state index >= 15 is 0 Å². The highest BCUT2D eigenvalue weighted by Crippen LogP contribution is 2.37. The maximum atomic E-state index is 12.8. The molecule has 6 nitrogen and oxygen atoms in total. The number of hydrogen-bond donors (Lipinski definition) is 1. The third-order valence-electron chi connectivity index (χ3n) is 3.93. The minimum atomic E-state index is -1.80. The van der Waals surface area contributed by atoms with Gasteiger partial charge in [0.05, 0.1) is 13.5 Å². The Morgan fingerprint density at radius 1 is 1.16 bits per heavy atom. The van der Waals surface area contributed by atoms with Crippen molar-refractivity contribution in [2.45, 2.75) is 12.1 Å². The Hall–Kier alpha value is -2.70. The van der Waals surface area contributed by atoms with Gasteiger partial charge in [0.25, 0.3) is 5.91 Å². The summed E-state index contributed by atoms with van der Waals surface area (Å²) in [5.41, 5.74) is -1.11. The average Bonchev–Trinajstić information content (AvgIpc) is 3.00. The van der Waals surface area contributed by atoms with E-state index in [0.29, 0.717) is 16.1 Å². The number of ether oxygens (including phenoxy) is 1. The molecular weight excluding hydrogens is 344 g/mol. The first-order valence-electron chi connectivity index (χ1n) is 7.49. The smallest absolute Gasteiger partial charge is 0.354 e. The fourth-order valence-electron chi connectivity index (χ4n) is 2.64. The molecular formula is C18H15ClN2O4. The molecule has 0 saturated carbocycles. The molecule has 7 heteroatoms. The average molecular weight is 359 g/mol. The van der Waals surface area contributed by atoms with Gasteiger partial charge in [-0.05, 0) is 24.3 Å². The van der Waals surface area contributed by atoms with E-state index in [4.69, 9.17) is 11.6 Å². The standard InChI is InChI=1S/C18H15ClN2O4/c1-25-17(23)15-11-18(24,13-7-9-14(19)10-8-13)21(20-15)16(22)12-5-3-2-4-6-12/h2-10,24H,11H2,1H3. The Balaban J connectivity index is 2.05. The van der Waals surface area contributed by atoms with Crippen LogP contribution in [-0.2, 0) is 15.3 Å². The van der Waals surface area contributed by atoms with E-state index in [0.717, 1.165) is 5.01 Å². The third-order valence-corrected chi connectivity index (χ3v) is 4.18. The first kappa shape index (κ1) is 17.1. The molecule has 2 aromatic carbocycles. The van der Waals surface area contributed by atoms with E-state index in [1.54, 1.807) is 54.6 Å². The normalized spacial score (nSPS) is 19.5.